The van der Waals surface area contributed by atoms with E-state index in [1.54, 1.807) is 48.5 Å². The van der Waals surface area contributed by atoms with E-state index in [0.29, 0.717) is 17.2 Å². The summed E-state index contributed by atoms with van der Waals surface area (Å²) >= 11 is 0. The predicted molar refractivity (Wildman–Crippen MR) is 68.9 cm³/mol. The number of carbonyl (C=O) groups is 1. The summed E-state index contributed by atoms with van der Waals surface area (Å²) in [7, 11) is 0. The number of anilines is 1. The molecule has 0 fully saturated rings. The summed E-state index contributed by atoms with van der Waals surface area (Å²) in [6.45, 7) is 1.44. The first-order valence-corrected chi connectivity index (χ1v) is 5.48. The minimum absolute atomic E-state index is 0.0717. The smallest absolute Gasteiger partial charge is 0.221 e. The highest BCUT2D eigenvalue weighted by molar-refractivity contribution is 5.88. The second kappa shape index (κ2) is 5.23. The summed E-state index contributed by atoms with van der Waals surface area (Å²) in [5.41, 5.74) is 0.649. The topological polar surface area (TPSA) is 58.6 Å². The summed E-state index contributed by atoms with van der Waals surface area (Å²) < 4.78 is 5.53. The van der Waals surface area contributed by atoms with Crippen LogP contribution >= 0.6 is 0 Å². The minimum Gasteiger partial charge on any atom is -0.504 e. The maximum Gasteiger partial charge on any atom is 0.221 e. The van der Waals surface area contributed by atoms with E-state index in [2.05, 4.69) is 5.32 Å². The third-order valence-electron chi connectivity index (χ3n) is 2.25. The van der Waals surface area contributed by atoms with E-state index in [4.69, 9.17) is 4.74 Å². The molecule has 2 rings (SSSR count). The molecular formula is C14H13NO3. The third-order valence-corrected chi connectivity index (χ3v) is 2.25. The highest BCUT2D eigenvalue weighted by Crippen LogP contribution is 2.30. The Balaban J connectivity index is 2.19. The molecule has 0 aliphatic rings. The number of phenolic OH excluding ortho intramolecular Hbond substituents is 1. The molecule has 2 aromatic carbocycles. The van der Waals surface area contributed by atoms with Crippen LogP contribution in [0.2, 0.25) is 0 Å². The van der Waals surface area contributed by atoms with Crippen LogP contribution in [0.15, 0.2) is 48.5 Å². The van der Waals surface area contributed by atoms with Crippen molar-refractivity contribution in [3.05, 3.63) is 48.5 Å². The molecule has 4 nitrogen and oxygen atoms in total. The fourth-order valence-corrected chi connectivity index (χ4v) is 1.51. The van der Waals surface area contributed by atoms with E-state index < -0.39 is 0 Å². The first-order valence-electron chi connectivity index (χ1n) is 5.48. The van der Waals surface area contributed by atoms with Crippen LogP contribution in [0.4, 0.5) is 5.69 Å². The van der Waals surface area contributed by atoms with E-state index in [-0.39, 0.29) is 11.7 Å². The normalized spacial score (nSPS) is 9.83. The van der Waals surface area contributed by atoms with Crippen molar-refractivity contribution in [3.8, 4) is 17.2 Å². The average molecular weight is 243 g/mol. The molecule has 18 heavy (non-hydrogen) atoms. The number of hydrogen-bond donors (Lipinski definition) is 2. The Hall–Kier alpha value is -2.49. The van der Waals surface area contributed by atoms with Gasteiger partial charge < -0.3 is 15.2 Å². The number of hydrogen-bond acceptors (Lipinski definition) is 3. The molecule has 1 amide bonds. The quantitative estimate of drug-likeness (QED) is 0.870. The Kier molecular flexibility index (Phi) is 3.48. The lowest BCUT2D eigenvalue weighted by Crippen LogP contribution is -2.05. The molecule has 0 saturated heterocycles. The summed E-state index contributed by atoms with van der Waals surface area (Å²) in [4.78, 5) is 10.9. The number of aromatic hydroxyl groups is 1. The molecule has 0 heterocycles. The van der Waals surface area contributed by atoms with Crippen LogP contribution in [0, 0.1) is 0 Å². The van der Waals surface area contributed by atoms with Crippen LogP contribution in [-0.2, 0) is 4.79 Å². The lowest BCUT2D eigenvalue weighted by molar-refractivity contribution is -0.114. The van der Waals surface area contributed by atoms with E-state index in [0.717, 1.165) is 0 Å². The highest BCUT2D eigenvalue weighted by atomic mass is 16.5. The van der Waals surface area contributed by atoms with Gasteiger partial charge in [-0.05, 0) is 24.3 Å². The molecular weight excluding hydrogens is 230 g/mol. The van der Waals surface area contributed by atoms with Gasteiger partial charge in [0.1, 0.15) is 5.75 Å². The first-order chi connectivity index (χ1) is 8.65. The van der Waals surface area contributed by atoms with Gasteiger partial charge in [0.15, 0.2) is 11.5 Å². The molecule has 0 radical (unpaired) electrons. The van der Waals surface area contributed by atoms with Crippen LogP contribution < -0.4 is 10.1 Å². The standard InChI is InChI=1S/C14H13NO3/c1-10(16)15-11-5-4-6-12(9-11)18-14-8-3-2-7-13(14)17/h2-9,17H,1H3,(H,15,16). The number of rotatable bonds is 3. The van der Waals surface area contributed by atoms with Gasteiger partial charge in [-0.15, -0.1) is 0 Å². The predicted octanol–water partition coefficient (Wildman–Crippen LogP) is 3.14. The van der Waals surface area contributed by atoms with Crippen molar-refractivity contribution in [2.75, 3.05) is 5.32 Å². The Morgan fingerprint density at radius 3 is 2.67 bits per heavy atom. The Morgan fingerprint density at radius 1 is 1.17 bits per heavy atom. The molecule has 0 aromatic heterocycles. The molecule has 2 N–H and O–H groups in total. The van der Waals surface area contributed by atoms with Crippen molar-refractivity contribution in [1.29, 1.82) is 0 Å². The molecule has 2 aromatic rings. The number of nitrogens with one attached hydrogen (secondary N) is 1. The van der Waals surface area contributed by atoms with Gasteiger partial charge in [-0.2, -0.15) is 0 Å². The van der Waals surface area contributed by atoms with E-state index in [9.17, 15) is 9.90 Å². The number of para-hydroxylation sites is 2. The molecule has 0 aliphatic heterocycles. The number of ether oxygens (including phenoxy) is 1. The van der Waals surface area contributed by atoms with Gasteiger partial charge in [-0.3, -0.25) is 4.79 Å². The van der Waals surface area contributed by atoms with E-state index in [1.807, 2.05) is 0 Å². The molecule has 0 bridgehead atoms. The molecule has 4 heteroatoms. The number of phenols is 1. The fraction of sp³-hybridized carbons (Fsp3) is 0.0714. The van der Waals surface area contributed by atoms with Crippen LogP contribution in [0.1, 0.15) is 6.92 Å². The first kappa shape index (κ1) is 12.0. The van der Waals surface area contributed by atoms with Crippen LogP contribution in [0.25, 0.3) is 0 Å². The monoisotopic (exact) mass is 243 g/mol. The van der Waals surface area contributed by atoms with Gasteiger partial charge in [0.2, 0.25) is 5.91 Å². The van der Waals surface area contributed by atoms with E-state index in [1.165, 1.54) is 6.92 Å². The van der Waals surface area contributed by atoms with Crippen molar-refractivity contribution in [3.63, 3.8) is 0 Å². The Morgan fingerprint density at radius 2 is 1.94 bits per heavy atom. The Bertz CT molecular complexity index is 566. The number of carbonyl (C=O) groups excluding carboxylic acids is 1. The summed E-state index contributed by atoms with van der Waals surface area (Å²) in [6.07, 6.45) is 0. The van der Waals surface area contributed by atoms with Gasteiger partial charge in [0.05, 0.1) is 0 Å². The molecule has 0 saturated carbocycles. The minimum atomic E-state index is -0.144. The van der Waals surface area contributed by atoms with Crippen LogP contribution in [0.5, 0.6) is 17.2 Å². The van der Waals surface area contributed by atoms with Crippen molar-refractivity contribution < 1.29 is 14.6 Å². The number of benzene rings is 2. The summed E-state index contributed by atoms with van der Waals surface area (Å²) in [5, 5.41) is 12.3. The zero-order chi connectivity index (χ0) is 13.0. The zero-order valence-electron chi connectivity index (χ0n) is 9.88. The zero-order valence-corrected chi connectivity index (χ0v) is 9.88. The Labute approximate surface area is 105 Å². The van der Waals surface area contributed by atoms with E-state index >= 15 is 0 Å². The van der Waals surface area contributed by atoms with Crippen molar-refractivity contribution >= 4 is 11.6 Å². The molecule has 92 valence electrons. The van der Waals surface area contributed by atoms with Gasteiger partial charge >= 0.3 is 0 Å². The van der Waals surface area contributed by atoms with Gasteiger partial charge in [0.25, 0.3) is 0 Å². The summed E-state index contributed by atoms with van der Waals surface area (Å²) in [5.74, 6) is 0.845. The maximum atomic E-state index is 10.9. The van der Waals surface area contributed by atoms with Crippen molar-refractivity contribution in [2.24, 2.45) is 0 Å². The molecule has 0 aliphatic carbocycles. The molecule has 0 unspecified atom stereocenters. The third kappa shape index (κ3) is 3.01. The largest absolute Gasteiger partial charge is 0.504 e. The molecule has 0 spiro atoms. The number of amides is 1. The van der Waals surface area contributed by atoms with Gasteiger partial charge in [-0.1, -0.05) is 18.2 Å². The lowest BCUT2D eigenvalue weighted by atomic mass is 10.3. The summed E-state index contributed by atoms with van der Waals surface area (Å²) in [6, 6.07) is 13.7. The van der Waals surface area contributed by atoms with Crippen LogP contribution in [-0.4, -0.2) is 11.0 Å². The highest BCUT2D eigenvalue weighted by Gasteiger charge is 2.03. The van der Waals surface area contributed by atoms with Crippen LogP contribution in [0.3, 0.4) is 0 Å². The lowest BCUT2D eigenvalue weighted by Gasteiger charge is -2.09. The van der Waals surface area contributed by atoms with Gasteiger partial charge in [0, 0.05) is 18.7 Å². The maximum absolute atomic E-state index is 10.9. The average Bonchev–Trinajstić information content (AvgIpc) is 2.32. The molecule has 0 atom stereocenters. The fourth-order valence-electron chi connectivity index (χ4n) is 1.51. The SMILES string of the molecule is CC(=O)Nc1cccc(Oc2ccccc2O)c1. The van der Waals surface area contributed by atoms with Crippen molar-refractivity contribution in [2.45, 2.75) is 6.92 Å². The van der Waals surface area contributed by atoms with Crippen molar-refractivity contribution in [1.82, 2.24) is 0 Å². The second-order valence-corrected chi connectivity index (χ2v) is 3.78. The van der Waals surface area contributed by atoms with Gasteiger partial charge in [-0.25, -0.2) is 0 Å². The second-order valence-electron chi connectivity index (χ2n) is 3.78.